The minimum atomic E-state index is -0.0455. The lowest BCUT2D eigenvalue weighted by atomic mass is 10.2. The molecule has 6 nitrogen and oxygen atoms in total. The number of nitrogens with zero attached hydrogens (tertiary/aromatic N) is 3. The van der Waals surface area contributed by atoms with Crippen LogP contribution in [0.25, 0.3) is 4.96 Å². The number of ether oxygens (including phenoxy) is 2. The second-order valence-electron chi connectivity index (χ2n) is 5.84. The molecule has 2 aromatic heterocycles. The van der Waals surface area contributed by atoms with Crippen molar-refractivity contribution in [1.82, 2.24) is 14.3 Å². The maximum Gasteiger partial charge on any atom is 0.258 e. The molecule has 0 aliphatic carbocycles. The molecule has 0 spiro atoms. The number of fused-ring (bicyclic) bond motifs is 2. The van der Waals surface area contributed by atoms with Crippen molar-refractivity contribution in [2.45, 2.75) is 12.6 Å². The van der Waals surface area contributed by atoms with E-state index < -0.39 is 0 Å². The molecule has 4 rings (SSSR count). The summed E-state index contributed by atoms with van der Waals surface area (Å²) in [4.78, 5) is 19.4. The Hall–Kier alpha value is -2.38. The van der Waals surface area contributed by atoms with Crippen LogP contribution in [0.15, 0.2) is 46.7 Å². The van der Waals surface area contributed by atoms with Gasteiger partial charge in [0.05, 0.1) is 5.69 Å². The van der Waals surface area contributed by atoms with E-state index in [1.165, 1.54) is 11.3 Å². The molecule has 0 saturated carbocycles. The third-order valence-electron chi connectivity index (χ3n) is 3.87. The fraction of sp³-hybridized carbons (Fsp3) is 0.294. The summed E-state index contributed by atoms with van der Waals surface area (Å²) in [5.41, 5.74) is 0.720. The second-order valence-corrected chi connectivity index (χ2v) is 6.71. The van der Waals surface area contributed by atoms with Crippen molar-refractivity contribution in [1.29, 1.82) is 0 Å². The van der Waals surface area contributed by atoms with E-state index in [2.05, 4.69) is 9.88 Å². The lowest BCUT2D eigenvalue weighted by Gasteiger charge is -2.29. The number of hydrogen-bond donors (Lipinski definition) is 0. The molecule has 3 aromatic rings. The van der Waals surface area contributed by atoms with Crippen molar-refractivity contribution < 1.29 is 9.47 Å². The van der Waals surface area contributed by atoms with E-state index in [4.69, 9.17) is 9.47 Å². The lowest BCUT2D eigenvalue weighted by Crippen LogP contribution is -2.39. The Morgan fingerprint density at radius 3 is 3.08 bits per heavy atom. The molecule has 0 radical (unpaired) electrons. The van der Waals surface area contributed by atoms with Gasteiger partial charge in [0.15, 0.2) is 16.5 Å². The Kier molecular flexibility index (Phi) is 3.95. The van der Waals surface area contributed by atoms with Gasteiger partial charge in [0.1, 0.15) is 12.7 Å². The van der Waals surface area contributed by atoms with Crippen LogP contribution in [0.3, 0.4) is 0 Å². The van der Waals surface area contributed by atoms with Gasteiger partial charge >= 0.3 is 0 Å². The molecule has 0 unspecified atom stereocenters. The van der Waals surface area contributed by atoms with Crippen LogP contribution in [0.2, 0.25) is 0 Å². The SMILES string of the molecule is CN(Cc1cc(=O)n2ccsc2n1)C[C@@H]1COc2ccccc2O1. The van der Waals surface area contributed by atoms with Crippen LogP contribution in [0, 0.1) is 0 Å². The topological polar surface area (TPSA) is 56.1 Å². The summed E-state index contributed by atoms with van der Waals surface area (Å²) in [5.74, 6) is 1.56. The summed E-state index contributed by atoms with van der Waals surface area (Å²) in [6, 6.07) is 9.27. The Labute approximate surface area is 142 Å². The van der Waals surface area contributed by atoms with Crippen LogP contribution in [-0.2, 0) is 6.54 Å². The first-order valence-corrected chi connectivity index (χ1v) is 8.60. The smallest absolute Gasteiger partial charge is 0.258 e. The molecule has 1 aromatic carbocycles. The number of likely N-dealkylation sites (N-methyl/N-ethyl adjacent to an activating group) is 1. The highest BCUT2D eigenvalue weighted by Crippen LogP contribution is 2.30. The number of aromatic nitrogens is 2. The normalized spacial score (nSPS) is 16.7. The Morgan fingerprint density at radius 2 is 2.21 bits per heavy atom. The third kappa shape index (κ3) is 3.00. The number of thiazole rings is 1. The van der Waals surface area contributed by atoms with Crippen LogP contribution in [0.4, 0.5) is 0 Å². The van der Waals surface area contributed by atoms with Crippen molar-refractivity contribution >= 4 is 16.3 Å². The first-order chi connectivity index (χ1) is 11.7. The summed E-state index contributed by atoms with van der Waals surface area (Å²) in [6.45, 7) is 1.80. The van der Waals surface area contributed by atoms with Crippen LogP contribution in [0.5, 0.6) is 11.5 Å². The molecule has 0 fully saturated rings. The van der Waals surface area contributed by atoms with Gasteiger partial charge in [0.25, 0.3) is 5.56 Å². The van der Waals surface area contributed by atoms with E-state index in [1.807, 2.05) is 36.7 Å². The average molecular weight is 343 g/mol. The van der Waals surface area contributed by atoms with Gasteiger partial charge in [-0.05, 0) is 19.2 Å². The van der Waals surface area contributed by atoms with Crippen molar-refractivity contribution in [3.63, 3.8) is 0 Å². The van der Waals surface area contributed by atoms with E-state index in [-0.39, 0.29) is 11.7 Å². The number of hydrogen-bond acceptors (Lipinski definition) is 6. The van der Waals surface area contributed by atoms with Gasteiger partial charge < -0.3 is 9.47 Å². The van der Waals surface area contributed by atoms with Crippen LogP contribution >= 0.6 is 11.3 Å². The largest absolute Gasteiger partial charge is 0.486 e. The van der Waals surface area contributed by atoms with Crippen molar-refractivity contribution in [2.24, 2.45) is 0 Å². The third-order valence-corrected chi connectivity index (χ3v) is 4.63. The van der Waals surface area contributed by atoms with E-state index in [1.54, 1.807) is 16.7 Å². The predicted molar refractivity (Wildman–Crippen MR) is 92.0 cm³/mol. The second kappa shape index (κ2) is 6.26. The molecule has 7 heteroatoms. The summed E-state index contributed by atoms with van der Waals surface area (Å²) >= 11 is 1.46. The quantitative estimate of drug-likeness (QED) is 0.725. The van der Waals surface area contributed by atoms with Crippen molar-refractivity contribution in [2.75, 3.05) is 20.2 Å². The van der Waals surface area contributed by atoms with Gasteiger partial charge in [-0.3, -0.25) is 14.1 Å². The first-order valence-electron chi connectivity index (χ1n) is 7.72. The molecule has 24 heavy (non-hydrogen) atoms. The van der Waals surface area contributed by atoms with E-state index in [0.29, 0.717) is 19.7 Å². The van der Waals surface area contributed by atoms with Crippen molar-refractivity contribution in [3.8, 4) is 11.5 Å². The zero-order chi connectivity index (χ0) is 16.5. The van der Waals surface area contributed by atoms with Crippen molar-refractivity contribution in [3.05, 3.63) is 58.0 Å². The van der Waals surface area contributed by atoms with Gasteiger partial charge in [0.2, 0.25) is 0 Å². The highest BCUT2D eigenvalue weighted by Gasteiger charge is 2.22. The molecule has 1 atom stereocenters. The highest BCUT2D eigenvalue weighted by molar-refractivity contribution is 7.15. The number of para-hydroxylation sites is 2. The molecule has 1 aliphatic heterocycles. The Balaban J connectivity index is 1.43. The zero-order valence-corrected chi connectivity index (χ0v) is 14.0. The molecule has 0 saturated heterocycles. The van der Waals surface area contributed by atoms with E-state index in [9.17, 15) is 4.79 Å². The van der Waals surface area contributed by atoms with Crippen LogP contribution < -0.4 is 15.0 Å². The Morgan fingerprint density at radius 1 is 1.38 bits per heavy atom. The molecule has 0 bridgehead atoms. The summed E-state index contributed by atoms with van der Waals surface area (Å²) in [7, 11) is 1.99. The van der Waals surface area contributed by atoms with E-state index in [0.717, 1.165) is 22.2 Å². The average Bonchev–Trinajstić information content (AvgIpc) is 3.03. The number of rotatable bonds is 4. The fourth-order valence-corrected chi connectivity index (χ4v) is 3.55. The summed E-state index contributed by atoms with van der Waals surface area (Å²) in [5, 5.41) is 1.86. The van der Waals surface area contributed by atoms with E-state index >= 15 is 0 Å². The molecule has 124 valence electrons. The van der Waals surface area contributed by atoms with Gasteiger partial charge in [-0.2, -0.15) is 0 Å². The summed E-state index contributed by atoms with van der Waals surface area (Å²) < 4.78 is 13.3. The maximum absolute atomic E-state index is 12.0. The molecular weight excluding hydrogens is 326 g/mol. The van der Waals surface area contributed by atoms with Crippen LogP contribution in [-0.4, -0.2) is 40.6 Å². The molecule has 1 aliphatic rings. The standard InChI is InChI=1S/C17H17N3O3S/c1-19(9-12-8-16(21)20-6-7-24-17(20)18-12)10-13-11-22-14-4-2-3-5-15(14)23-13/h2-8,13H,9-11H2,1H3/t13-/m1/s1. The minimum Gasteiger partial charge on any atom is -0.486 e. The highest BCUT2D eigenvalue weighted by atomic mass is 32.1. The lowest BCUT2D eigenvalue weighted by molar-refractivity contribution is 0.0635. The monoisotopic (exact) mass is 343 g/mol. The zero-order valence-electron chi connectivity index (χ0n) is 13.2. The molecular formula is C17H17N3O3S. The molecule has 3 heterocycles. The van der Waals surface area contributed by atoms with Gasteiger partial charge in [-0.15, -0.1) is 11.3 Å². The first kappa shape index (κ1) is 15.2. The summed E-state index contributed by atoms with van der Waals surface area (Å²) in [6.07, 6.45) is 1.70. The van der Waals surface area contributed by atoms with Gasteiger partial charge in [-0.1, -0.05) is 12.1 Å². The van der Waals surface area contributed by atoms with Gasteiger partial charge in [-0.25, -0.2) is 4.98 Å². The maximum atomic E-state index is 12.0. The van der Waals surface area contributed by atoms with Crippen LogP contribution in [0.1, 0.15) is 5.69 Å². The fourth-order valence-electron chi connectivity index (χ4n) is 2.81. The predicted octanol–water partition coefficient (Wildman–Crippen LogP) is 2.03. The minimum absolute atomic E-state index is 0.0449. The van der Waals surface area contributed by atoms with Gasteiger partial charge in [0, 0.05) is 30.7 Å². The molecule has 0 N–H and O–H groups in total. The molecule has 0 amide bonds. The number of benzene rings is 1. The Bertz CT molecular complexity index is 921.